The van der Waals surface area contributed by atoms with Crippen LogP contribution in [0.3, 0.4) is 0 Å². The highest BCUT2D eigenvalue weighted by Crippen LogP contribution is 2.37. The summed E-state index contributed by atoms with van der Waals surface area (Å²) in [7, 11) is -4.00. The minimum absolute atomic E-state index is 0.0699. The Balaban J connectivity index is 2.65. The molecule has 0 amide bonds. The normalized spacial score (nSPS) is 11.4. The van der Waals surface area contributed by atoms with Crippen molar-refractivity contribution < 1.29 is 23.1 Å². The lowest BCUT2D eigenvalue weighted by atomic mass is 10.1. The SMILES string of the molecule is CCCCNc1cc(C(=O)O)cc(S(=O)(=O)NC(C)C)c1Oc1ccccc1. The molecule has 0 unspecified atom stereocenters. The third kappa shape index (κ3) is 5.71. The van der Waals surface area contributed by atoms with Gasteiger partial charge in [0.25, 0.3) is 0 Å². The number of sulfonamides is 1. The Bertz CT molecular complexity index is 912. The number of anilines is 1. The van der Waals surface area contributed by atoms with Crippen molar-refractivity contribution in [1.29, 1.82) is 0 Å². The second-order valence-corrected chi connectivity index (χ2v) is 8.31. The first-order chi connectivity index (χ1) is 13.2. The van der Waals surface area contributed by atoms with Crippen molar-refractivity contribution in [2.75, 3.05) is 11.9 Å². The van der Waals surface area contributed by atoms with E-state index >= 15 is 0 Å². The topological polar surface area (TPSA) is 105 Å². The van der Waals surface area contributed by atoms with E-state index in [2.05, 4.69) is 10.0 Å². The Labute approximate surface area is 165 Å². The number of rotatable bonds is 10. The molecule has 0 saturated carbocycles. The smallest absolute Gasteiger partial charge is 0.335 e. The van der Waals surface area contributed by atoms with Gasteiger partial charge in [-0.2, -0.15) is 0 Å². The number of benzene rings is 2. The summed E-state index contributed by atoms with van der Waals surface area (Å²) in [6.45, 7) is 5.97. The van der Waals surface area contributed by atoms with Crippen LogP contribution in [0.4, 0.5) is 5.69 Å². The van der Waals surface area contributed by atoms with Gasteiger partial charge in [0.2, 0.25) is 10.0 Å². The molecule has 0 aromatic heterocycles. The first-order valence-electron chi connectivity index (χ1n) is 9.15. The van der Waals surface area contributed by atoms with Crippen molar-refractivity contribution in [3.63, 3.8) is 0 Å². The summed E-state index contributed by atoms with van der Waals surface area (Å²) in [5, 5.41) is 12.6. The van der Waals surface area contributed by atoms with Gasteiger partial charge in [0, 0.05) is 12.6 Å². The van der Waals surface area contributed by atoms with Gasteiger partial charge in [-0.15, -0.1) is 0 Å². The number of carboxylic acids is 1. The van der Waals surface area contributed by atoms with Crippen LogP contribution in [0.1, 0.15) is 44.0 Å². The quantitative estimate of drug-likeness (QED) is 0.514. The predicted octanol–water partition coefficient (Wildman–Crippen LogP) is 4.08. The maximum absolute atomic E-state index is 12.9. The molecule has 0 bridgehead atoms. The van der Waals surface area contributed by atoms with Crippen LogP contribution in [0.2, 0.25) is 0 Å². The van der Waals surface area contributed by atoms with Gasteiger partial charge in [-0.1, -0.05) is 31.5 Å². The van der Waals surface area contributed by atoms with E-state index in [0.29, 0.717) is 18.0 Å². The fourth-order valence-electron chi connectivity index (χ4n) is 2.54. The molecule has 0 spiro atoms. The van der Waals surface area contributed by atoms with Crippen molar-refractivity contribution in [2.45, 2.75) is 44.6 Å². The first kappa shape index (κ1) is 21.7. The third-order valence-electron chi connectivity index (χ3n) is 3.79. The molecule has 3 N–H and O–H groups in total. The molecule has 0 fully saturated rings. The highest BCUT2D eigenvalue weighted by molar-refractivity contribution is 7.89. The van der Waals surface area contributed by atoms with Crippen LogP contribution in [-0.4, -0.2) is 32.1 Å². The van der Waals surface area contributed by atoms with Crippen molar-refractivity contribution in [3.05, 3.63) is 48.0 Å². The molecule has 2 aromatic carbocycles. The maximum atomic E-state index is 12.9. The van der Waals surface area contributed by atoms with Gasteiger partial charge in [0.15, 0.2) is 5.75 Å². The van der Waals surface area contributed by atoms with E-state index in [0.717, 1.165) is 18.9 Å². The van der Waals surface area contributed by atoms with Gasteiger partial charge in [0.1, 0.15) is 10.6 Å². The Kier molecular flexibility index (Phi) is 7.42. The van der Waals surface area contributed by atoms with E-state index in [9.17, 15) is 18.3 Å². The molecule has 0 aliphatic heterocycles. The summed E-state index contributed by atoms with van der Waals surface area (Å²) in [5.41, 5.74) is 0.185. The van der Waals surface area contributed by atoms with E-state index in [4.69, 9.17) is 4.74 Å². The summed E-state index contributed by atoms with van der Waals surface area (Å²) < 4.78 is 34.2. The van der Waals surface area contributed by atoms with E-state index in [1.807, 2.05) is 13.0 Å². The van der Waals surface area contributed by atoms with Gasteiger partial charge in [-0.3, -0.25) is 0 Å². The maximum Gasteiger partial charge on any atom is 0.335 e. The minimum Gasteiger partial charge on any atom is -0.478 e. The second-order valence-electron chi connectivity index (χ2n) is 6.63. The third-order valence-corrected chi connectivity index (χ3v) is 5.46. The fourth-order valence-corrected chi connectivity index (χ4v) is 3.97. The molecule has 8 heteroatoms. The van der Waals surface area contributed by atoms with Crippen molar-refractivity contribution >= 4 is 21.7 Å². The monoisotopic (exact) mass is 406 g/mol. The lowest BCUT2D eigenvalue weighted by Gasteiger charge is -2.19. The number of ether oxygens (including phenoxy) is 1. The average Bonchev–Trinajstić information content (AvgIpc) is 2.62. The van der Waals surface area contributed by atoms with E-state index in [-0.39, 0.29) is 22.3 Å². The largest absolute Gasteiger partial charge is 0.478 e. The van der Waals surface area contributed by atoms with Crippen molar-refractivity contribution in [1.82, 2.24) is 4.72 Å². The van der Waals surface area contributed by atoms with Crippen molar-refractivity contribution in [2.24, 2.45) is 0 Å². The molecule has 0 aliphatic rings. The molecular weight excluding hydrogens is 380 g/mol. The van der Waals surface area contributed by atoms with Crippen LogP contribution < -0.4 is 14.8 Å². The van der Waals surface area contributed by atoms with Crippen LogP contribution in [0.5, 0.6) is 11.5 Å². The molecule has 0 heterocycles. The van der Waals surface area contributed by atoms with E-state index < -0.39 is 16.0 Å². The molecule has 2 aromatic rings. The van der Waals surface area contributed by atoms with Gasteiger partial charge < -0.3 is 15.2 Å². The van der Waals surface area contributed by atoms with E-state index in [1.54, 1.807) is 38.1 Å². The van der Waals surface area contributed by atoms with Crippen LogP contribution in [-0.2, 0) is 10.0 Å². The standard InChI is InChI=1S/C20H26N2O5S/c1-4-5-11-21-17-12-15(20(23)24)13-18(28(25,26)22-14(2)3)19(17)27-16-9-7-6-8-10-16/h6-10,12-14,21-22H,4-5,11H2,1-3H3,(H,23,24). The Morgan fingerprint density at radius 3 is 2.43 bits per heavy atom. The van der Waals surface area contributed by atoms with Gasteiger partial charge in [-0.05, 0) is 44.5 Å². The number of nitrogens with one attached hydrogen (secondary N) is 2. The molecule has 7 nitrogen and oxygen atoms in total. The highest BCUT2D eigenvalue weighted by atomic mass is 32.2. The fraction of sp³-hybridized carbons (Fsp3) is 0.350. The van der Waals surface area contributed by atoms with E-state index in [1.165, 1.54) is 6.07 Å². The second kappa shape index (κ2) is 9.57. The Morgan fingerprint density at radius 2 is 1.86 bits per heavy atom. The number of aromatic carboxylic acids is 1. The highest BCUT2D eigenvalue weighted by Gasteiger charge is 2.26. The average molecular weight is 407 g/mol. The number of carboxylic acid groups (broad SMARTS) is 1. The van der Waals surface area contributed by atoms with Crippen LogP contribution in [0.15, 0.2) is 47.4 Å². The number of para-hydroxylation sites is 1. The van der Waals surface area contributed by atoms with Gasteiger partial charge in [-0.25, -0.2) is 17.9 Å². The number of hydrogen-bond acceptors (Lipinski definition) is 5. The first-order valence-corrected chi connectivity index (χ1v) is 10.6. The van der Waals surface area contributed by atoms with Gasteiger partial charge >= 0.3 is 5.97 Å². The van der Waals surface area contributed by atoms with Crippen LogP contribution >= 0.6 is 0 Å². The molecule has 2 rings (SSSR count). The van der Waals surface area contributed by atoms with Crippen LogP contribution in [0, 0.1) is 0 Å². The lowest BCUT2D eigenvalue weighted by Crippen LogP contribution is -2.30. The number of unbranched alkanes of at least 4 members (excludes halogenated alkanes) is 1. The summed E-state index contributed by atoms with van der Waals surface area (Å²) in [6.07, 6.45) is 1.77. The summed E-state index contributed by atoms with van der Waals surface area (Å²) in [5.74, 6) is -0.698. The van der Waals surface area contributed by atoms with Gasteiger partial charge in [0.05, 0.1) is 11.3 Å². The molecule has 0 aliphatic carbocycles. The van der Waals surface area contributed by atoms with Crippen LogP contribution in [0.25, 0.3) is 0 Å². The molecule has 0 saturated heterocycles. The molecular formula is C20H26N2O5S. The number of hydrogen-bond donors (Lipinski definition) is 3. The molecule has 152 valence electrons. The summed E-state index contributed by atoms with van der Waals surface area (Å²) in [4.78, 5) is 11.4. The molecule has 28 heavy (non-hydrogen) atoms. The zero-order chi connectivity index (χ0) is 20.7. The predicted molar refractivity (Wildman–Crippen MR) is 109 cm³/mol. The summed E-state index contributed by atoms with van der Waals surface area (Å²) >= 11 is 0. The summed E-state index contributed by atoms with van der Waals surface area (Å²) in [6, 6.07) is 10.9. The lowest BCUT2D eigenvalue weighted by molar-refractivity contribution is 0.0696. The Hall–Kier alpha value is -2.58. The Morgan fingerprint density at radius 1 is 1.18 bits per heavy atom. The number of carbonyl (C=O) groups is 1. The zero-order valence-corrected chi connectivity index (χ0v) is 17.0. The molecule has 0 radical (unpaired) electrons. The molecule has 0 atom stereocenters. The minimum atomic E-state index is -4.00. The zero-order valence-electron chi connectivity index (χ0n) is 16.2. The van der Waals surface area contributed by atoms with Crippen molar-refractivity contribution in [3.8, 4) is 11.5 Å².